The standard InChI is InChI=1S/C15H25NO/c1-4-9-16-15(13-7-5-6-8-13)14-10-11(2)12(3)17-14/h10,13,15-16H,4-9H2,1-3H3. The summed E-state index contributed by atoms with van der Waals surface area (Å²) in [5.41, 5.74) is 1.28. The van der Waals surface area contributed by atoms with E-state index >= 15 is 0 Å². The molecule has 0 aliphatic heterocycles. The Kier molecular flexibility index (Phi) is 4.27. The summed E-state index contributed by atoms with van der Waals surface area (Å²) in [7, 11) is 0. The highest BCUT2D eigenvalue weighted by molar-refractivity contribution is 5.21. The number of hydrogen-bond donors (Lipinski definition) is 1. The van der Waals surface area contributed by atoms with Crippen molar-refractivity contribution in [3.05, 3.63) is 23.2 Å². The normalized spacial score (nSPS) is 18.8. The van der Waals surface area contributed by atoms with Gasteiger partial charge < -0.3 is 9.73 Å². The summed E-state index contributed by atoms with van der Waals surface area (Å²) in [6, 6.07) is 2.66. The molecule has 0 bridgehead atoms. The molecule has 1 heterocycles. The number of aryl methyl sites for hydroxylation is 2. The van der Waals surface area contributed by atoms with Gasteiger partial charge in [0.25, 0.3) is 0 Å². The van der Waals surface area contributed by atoms with Crippen molar-refractivity contribution in [3.63, 3.8) is 0 Å². The molecule has 1 aromatic heterocycles. The second-order valence-corrected chi connectivity index (χ2v) is 5.36. The van der Waals surface area contributed by atoms with Crippen LogP contribution in [0.1, 0.15) is 62.2 Å². The molecule has 1 aromatic rings. The van der Waals surface area contributed by atoms with Crippen LogP contribution in [0.2, 0.25) is 0 Å². The van der Waals surface area contributed by atoms with E-state index in [1.165, 1.54) is 37.7 Å². The smallest absolute Gasteiger partial charge is 0.121 e. The molecule has 0 spiro atoms. The van der Waals surface area contributed by atoms with E-state index in [0.29, 0.717) is 6.04 Å². The Morgan fingerprint density at radius 3 is 2.59 bits per heavy atom. The van der Waals surface area contributed by atoms with E-state index in [4.69, 9.17) is 4.42 Å². The van der Waals surface area contributed by atoms with Crippen LogP contribution in [-0.2, 0) is 0 Å². The van der Waals surface area contributed by atoms with Crippen LogP contribution in [0.4, 0.5) is 0 Å². The molecule has 2 nitrogen and oxygen atoms in total. The minimum Gasteiger partial charge on any atom is -0.464 e. The van der Waals surface area contributed by atoms with Gasteiger partial charge in [-0.05, 0) is 57.2 Å². The fourth-order valence-electron chi connectivity index (χ4n) is 2.85. The summed E-state index contributed by atoms with van der Waals surface area (Å²) < 4.78 is 5.92. The van der Waals surface area contributed by atoms with Crippen LogP contribution < -0.4 is 5.32 Å². The molecule has 0 saturated heterocycles. The molecule has 1 fully saturated rings. The molecular weight excluding hydrogens is 210 g/mol. The molecule has 1 unspecified atom stereocenters. The van der Waals surface area contributed by atoms with Crippen molar-refractivity contribution in [3.8, 4) is 0 Å². The number of rotatable bonds is 5. The fraction of sp³-hybridized carbons (Fsp3) is 0.733. The van der Waals surface area contributed by atoms with Gasteiger partial charge in [-0.3, -0.25) is 0 Å². The van der Waals surface area contributed by atoms with Crippen LogP contribution in [0.5, 0.6) is 0 Å². The molecule has 17 heavy (non-hydrogen) atoms. The molecule has 0 aromatic carbocycles. The summed E-state index contributed by atoms with van der Waals surface area (Å²) in [5.74, 6) is 2.99. The van der Waals surface area contributed by atoms with Crippen LogP contribution in [0, 0.1) is 19.8 Å². The minimum atomic E-state index is 0.435. The minimum absolute atomic E-state index is 0.435. The Hall–Kier alpha value is -0.760. The Morgan fingerprint density at radius 2 is 2.06 bits per heavy atom. The van der Waals surface area contributed by atoms with Gasteiger partial charge in [0, 0.05) is 0 Å². The number of nitrogens with one attached hydrogen (secondary N) is 1. The highest BCUT2D eigenvalue weighted by atomic mass is 16.3. The molecule has 2 heteroatoms. The lowest BCUT2D eigenvalue weighted by Gasteiger charge is -2.22. The fourth-order valence-corrected chi connectivity index (χ4v) is 2.85. The van der Waals surface area contributed by atoms with Gasteiger partial charge in [0.15, 0.2) is 0 Å². The zero-order valence-electron chi connectivity index (χ0n) is 11.4. The van der Waals surface area contributed by atoms with Gasteiger partial charge in [-0.2, -0.15) is 0 Å². The van der Waals surface area contributed by atoms with Gasteiger partial charge in [0.1, 0.15) is 11.5 Å². The largest absolute Gasteiger partial charge is 0.464 e. The Balaban J connectivity index is 2.13. The highest BCUT2D eigenvalue weighted by Gasteiger charge is 2.28. The molecule has 1 saturated carbocycles. The molecule has 0 radical (unpaired) electrons. The molecule has 0 amide bonds. The molecule has 1 aliphatic carbocycles. The van der Waals surface area contributed by atoms with Crippen molar-refractivity contribution in [2.45, 2.75) is 58.9 Å². The topological polar surface area (TPSA) is 25.2 Å². The predicted molar refractivity (Wildman–Crippen MR) is 71.2 cm³/mol. The van der Waals surface area contributed by atoms with Crippen LogP contribution in [0.15, 0.2) is 10.5 Å². The third-order valence-electron chi connectivity index (χ3n) is 3.98. The van der Waals surface area contributed by atoms with Crippen LogP contribution in [0.25, 0.3) is 0 Å². The van der Waals surface area contributed by atoms with E-state index < -0.39 is 0 Å². The monoisotopic (exact) mass is 235 g/mol. The summed E-state index contributed by atoms with van der Waals surface area (Å²) in [4.78, 5) is 0. The van der Waals surface area contributed by atoms with Crippen LogP contribution >= 0.6 is 0 Å². The van der Waals surface area contributed by atoms with Crippen LogP contribution in [-0.4, -0.2) is 6.54 Å². The summed E-state index contributed by atoms with van der Waals surface area (Å²) in [6.45, 7) is 7.50. The first-order chi connectivity index (χ1) is 8.22. The number of furan rings is 1. The lowest BCUT2D eigenvalue weighted by atomic mass is 9.95. The molecule has 96 valence electrons. The van der Waals surface area contributed by atoms with Gasteiger partial charge in [0.05, 0.1) is 6.04 Å². The predicted octanol–water partition coefficient (Wildman–Crippen LogP) is 4.13. The van der Waals surface area contributed by atoms with Gasteiger partial charge in [-0.25, -0.2) is 0 Å². The van der Waals surface area contributed by atoms with Crippen molar-refractivity contribution in [2.24, 2.45) is 5.92 Å². The second-order valence-electron chi connectivity index (χ2n) is 5.36. The third-order valence-corrected chi connectivity index (χ3v) is 3.98. The van der Waals surface area contributed by atoms with E-state index in [-0.39, 0.29) is 0 Å². The van der Waals surface area contributed by atoms with Gasteiger partial charge in [-0.15, -0.1) is 0 Å². The Labute approximate surface area is 105 Å². The van der Waals surface area contributed by atoms with Crippen molar-refractivity contribution in [2.75, 3.05) is 6.54 Å². The quantitative estimate of drug-likeness (QED) is 0.830. The second kappa shape index (κ2) is 5.72. The zero-order chi connectivity index (χ0) is 12.3. The summed E-state index contributed by atoms with van der Waals surface area (Å²) >= 11 is 0. The van der Waals surface area contributed by atoms with Gasteiger partial charge in [-0.1, -0.05) is 19.8 Å². The van der Waals surface area contributed by atoms with Gasteiger partial charge >= 0.3 is 0 Å². The first kappa shape index (κ1) is 12.7. The maximum absolute atomic E-state index is 5.92. The maximum Gasteiger partial charge on any atom is 0.121 e. The maximum atomic E-state index is 5.92. The van der Waals surface area contributed by atoms with Crippen molar-refractivity contribution < 1.29 is 4.42 Å². The lowest BCUT2D eigenvalue weighted by molar-refractivity contribution is 0.308. The Morgan fingerprint density at radius 1 is 1.35 bits per heavy atom. The van der Waals surface area contributed by atoms with E-state index in [9.17, 15) is 0 Å². The summed E-state index contributed by atoms with van der Waals surface area (Å²) in [5, 5.41) is 3.67. The Bertz CT molecular complexity index is 330. The SMILES string of the molecule is CCCNC(c1cc(C)c(C)o1)C1CCCC1. The van der Waals surface area contributed by atoms with E-state index in [1.54, 1.807) is 0 Å². The summed E-state index contributed by atoms with van der Waals surface area (Å²) in [6.07, 6.45) is 6.64. The first-order valence-corrected chi connectivity index (χ1v) is 7.02. The number of hydrogen-bond acceptors (Lipinski definition) is 2. The molecule has 1 atom stereocenters. The van der Waals surface area contributed by atoms with E-state index in [1.807, 2.05) is 0 Å². The molecule has 2 rings (SSSR count). The van der Waals surface area contributed by atoms with Crippen molar-refractivity contribution in [1.29, 1.82) is 0 Å². The van der Waals surface area contributed by atoms with Crippen LogP contribution in [0.3, 0.4) is 0 Å². The van der Waals surface area contributed by atoms with E-state index in [0.717, 1.165) is 24.0 Å². The lowest BCUT2D eigenvalue weighted by Crippen LogP contribution is -2.27. The first-order valence-electron chi connectivity index (χ1n) is 7.02. The van der Waals surface area contributed by atoms with Crippen molar-refractivity contribution >= 4 is 0 Å². The zero-order valence-corrected chi connectivity index (χ0v) is 11.4. The van der Waals surface area contributed by atoms with E-state index in [2.05, 4.69) is 32.2 Å². The molecule has 1 N–H and O–H groups in total. The average Bonchev–Trinajstić information content (AvgIpc) is 2.92. The highest BCUT2D eigenvalue weighted by Crippen LogP contribution is 2.36. The molecular formula is C15H25NO. The third kappa shape index (κ3) is 2.92. The van der Waals surface area contributed by atoms with Gasteiger partial charge in [0.2, 0.25) is 0 Å². The van der Waals surface area contributed by atoms with Crippen molar-refractivity contribution in [1.82, 2.24) is 5.32 Å². The average molecular weight is 235 g/mol. The molecule has 1 aliphatic rings.